The van der Waals surface area contributed by atoms with Crippen molar-refractivity contribution in [2.24, 2.45) is 0 Å². The average molecular weight is 332 g/mol. The van der Waals surface area contributed by atoms with E-state index in [9.17, 15) is 14.4 Å². The van der Waals surface area contributed by atoms with Gasteiger partial charge in [0.25, 0.3) is 5.91 Å². The lowest BCUT2D eigenvalue weighted by Gasteiger charge is -2.07. The van der Waals surface area contributed by atoms with Gasteiger partial charge >= 0.3 is 12.0 Å². The summed E-state index contributed by atoms with van der Waals surface area (Å²) in [5.41, 5.74) is 0.928. The summed E-state index contributed by atoms with van der Waals surface area (Å²) in [5, 5.41) is 15.3. The Hall–Kier alpha value is -3.30. The minimum absolute atomic E-state index is 0.259. The first-order valence-corrected chi connectivity index (χ1v) is 7.18. The predicted molar refractivity (Wildman–Crippen MR) is 81.3 cm³/mol. The molecule has 0 atom stereocenters. The standard InChI is InChI=1S/C14H16N6O4/c1-2-7-15-14(23)17-12(21)8-24-13(22)10-3-5-11(6-4-10)20-9-16-18-19-20/h3-6,9H,2,7-8H2,1H3,(H2,15,17,21,23). The van der Waals surface area contributed by atoms with Gasteiger partial charge in [-0.2, -0.15) is 0 Å². The van der Waals surface area contributed by atoms with Gasteiger partial charge in [0.05, 0.1) is 11.3 Å². The Balaban J connectivity index is 1.82. The maximum absolute atomic E-state index is 11.9. The summed E-state index contributed by atoms with van der Waals surface area (Å²) < 4.78 is 6.28. The number of hydrogen-bond donors (Lipinski definition) is 2. The van der Waals surface area contributed by atoms with E-state index in [-0.39, 0.29) is 5.56 Å². The fraction of sp³-hybridized carbons (Fsp3) is 0.286. The zero-order chi connectivity index (χ0) is 17.4. The van der Waals surface area contributed by atoms with Crippen LogP contribution in [0.3, 0.4) is 0 Å². The molecule has 10 heteroatoms. The number of carbonyl (C=O) groups is 3. The third kappa shape index (κ3) is 4.87. The predicted octanol–water partition coefficient (Wildman–Crippen LogP) is 0.0549. The zero-order valence-electron chi connectivity index (χ0n) is 12.9. The van der Waals surface area contributed by atoms with E-state index < -0.39 is 24.5 Å². The lowest BCUT2D eigenvalue weighted by atomic mass is 10.2. The molecule has 0 radical (unpaired) electrons. The summed E-state index contributed by atoms with van der Waals surface area (Å²) >= 11 is 0. The van der Waals surface area contributed by atoms with Crippen molar-refractivity contribution in [2.45, 2.75) is 13.3 Å². The van der Waals surface area contributed by atoms with Crippen LogP contribution in [0, 0.1) is 0 Å². The number of aromatic nitrogens is 4. The molecule has 126 valence electrons. The van der Waals surface area contributed by atoms with E-state index in [1.54, 1.807) is 12.1 Å². The zero-order valence-corrected chi connectivity index (χ0v) is 12.9. The molecule has 0 aliphatic carbocycles. The van der Waals surface area contributed by atoms with Crippen LogP contribution in [0.4, 0.5) is 4.79 Å². The molecule has 0 aliphatic heterocycles. The van der Waals surface area contributed by atoms with Gasteiger partial charge in [0, 0.05) is 6.54 Å². The van der Waals surface area contributed by atoms with Gasteiger partial charge in [0.2, 0.25) is 0 Å². The number of carbonyl (C=O) groups excluding carboxylic acids is 3. The topological polar surface area (TPSA) is 128 Å². The van der Waals surface area contributed by atoms with Gasteiger partial charge in [0.15, 0.2) is 6.61 Å². The molecule has 0 spiro atoms. The second-order valence-electron chi connectivity index (χ2n) is 4.68. The minimum Gasteiger partial charge on any atom is -0.452 e. The first-order valence-electron chi connectivity index (χ1n) is 7.18. The third-order valence-electron chi connectivity index (χ3n) is 2.84. The third-order valence-corrected chi connectivity index (χ3v) is 2.84. The van der Waals surface area contributed by atoms with Crippen LogP contribution in [0.1, 0.15) is 23.7 Å². The van der Waals surface area contributed by atoms with Crippen molar-refractivity contribution >= 4 is 17.9 Å². The second kappa shape index (κ2) is 8.36. The summed E-state index contributed by atoms with van der Waals surface area (Å²) in [6, 6.07) is 5.68. The molecule has 1 aromatic carbocycles. The van der Waals surface area contributed by atoms with Crippen molar-refractivity contribution in [3.63, 3.8) is 0 Å². The Bertz CT molecular complexity index is 699. The monoisotopic (exact) mass is 332 g/mol. The summed E-state index contributed by atoms with van der Waals surface area (Å²) in [5.74, 6) is -1.38. The number of rotatable bonds is 6. The normalized spacial score (nSPS) is 10.0. The maximum Gasteiger partial charge on any atom is 0.338 e. The summed E-state index contributed by atoms with van der Waals surface area (Å²) in [6.07, 6.45) is 2.17. The molecule has 2 aromatic rings. The van der Waals surface area contributed by atoms with E-state index in [4.69, 9.17) is 4.74 Å². The first-order chi connectivity index (χ1) is 11.6. The highest BCUT2D eigenvalue weighted by Crippen LogP contribution is 2.08. The largest absolute Gasteiger partial charge is 0.452 e. The number of benzene rings is 1. The van der Waals surface area contributed by atoms with Crippen LogP contribution < -0.4 is 10.6 Å². The fourth-order valence-electron chi connectivity index (χ4n) is 1.69. The van der Waals surface area contributed by atoms with Crippen molar-refractivity contribution in [2.75, 3.05) is 13.2 Å². The molecule has 2 N–H and O–H groups in total. The SMILES string of the molecule is CCCNC(=O)NC(=O)COC(=O)c1ccc(-n2cnnn2)cc1. The highest BCUT2D eigenvalue weighted by atomic mass is 16.5. The molecule has 3 amide bonds. The number of nitrogens with one attached hydrogen (secondary N) is 2. The first kappa shape index (κ1) is 17.1. The molecule has 10 nitrogen and oxygen atoms in total. The van der Waals surface area contributed by atoms with Crippen molar-refractivity contribution < 1.29 is 19.1 Å². The lowest BCUT2D eigenvalue weighted by molar-refractivity contribution is -0.123. The Labute approximate surface area is 137 Å². The molecule has 0 saturated carbocycles. The molecule has 0 fully saturated rings. The van der Waals surface area contributed by atoms with Crippen LogP contribution in [-0.2, 0) is 9.53 Å². The Morgan fingerprint density at radius 3 is 2.58 bits per heavy atom. The van der Waals surface area contributed by atoms with Crippen LogP contribution in [0.15, 0.2) is 30.6 Å². The quantitative estimate of drug-likeness (QED) is 0.715. The molecule has 0 unspecified atom stereocenters. The molecule has 0 saturated heterocycles. The fourth-order valence-corrected chi connectivity index (χ4v) is 1.69. The van der Waals surface area contributed by atoms with E-state index in [0.29, 0.717) is 12.2 Å². The minimum atomic E-state index is -0.706. The summed E-state index contributed by atoms with van der Waals surface area (Å²) in [4.78, 5) is 34.6. The van der Waals surface area contributed by atoms with E-state index >= 15 is 0 Å². The molecular formula is C14H16N6O4. The number of amides is 3. The highest BCUT2D eigenvalue weighted by Gasteiger charge is 2.12. The molecule has 1 heterocycles. The summed E-state index contributed by atoms with van der Waals surface area (Å²) in [6.45, 7) is 1.79. The number of esters is 1. The number of imide groups is 1. The van der Waals surface area contributed by atoms with Crippen molar-refractivity contribution in [3.8, 4) is 5.69 Å². The van der Waals surface area contributed by atoms with E-state index in [1.807, 2.05) is 6.92 Å². The molecule has 0 bridgehead atoms. The van der Waals surface area contributed by atoms with Gasteiger partial charge in [-0.05, 0) is 41.1 Å². The van der Waals surface area contributed by atoms with E-state index in [1.165, 1.54) is 23.1 Å². The van der Waals surface area contributed by atoms with Crippen LogP contribution in [0.2, 0.25) is 0 Å². The Kier molecular flexibility index (Phi) is 5.95. The maximum atomic E-state index is 11.9. The van der Waals surface area contributed by atoms with Gasteiger partial charge in [-0.3, -0.25) is 10.1 Å². The highest BCUT2D eigenvalue weighted by molar-refractivity contribution is 5.97. The van der Waals surface area contributed by atoms with Gasteiger partial charge in [0.1, 0.15) is 6.33 Å². The van der Waals surface area contributed by atoms with Gasteiger partial charge in [-0.15, -0.1) is 5.10 Å². The second-order valence-corrected chi connectivity index (χ2v) is 4.68. The lowest BCUT2D eigenvalue weighted by Crippen LogP contribution is -2.41. The number of ether oxygens (including phenoxy) is 1. The van der Waals surface area contributed by atoms with Crippen LogP contribution in [-0.4, -0.2) is 51.3 Å². The van der Waals surface area contributed by atoms with Gasteiger partial charge < -0.3 is 10.1 Å². The van der Waals surface area contributed by atoms with Crippen molar-refractivity contribution in [1.82, 2.24) is 30.8 Å². The average Bonchev–Trinajstić information content (AvgIpc) is 3.12. The van der Waals surface area contributed by atoms with Gasteiger partial charge in [-0.25, -0.2) is 14.3 Å². The number of nitrogens with zero attached hydrogens (tertiary/aromatic N) is 4. The Morgan fingerprint density at radius 2 is 1.96 bits per heavy atom. The molecular weight excluding hydrogens is 316 g/mol. The molecule has 24 heavy (non-hydrogen) atoms. The number of hydrogen-bond acceptors (Lipinski definition) is 7. The van der Waals surface area contributed by atoms with E-state index in [0.717, 1.165) is 6.42 Å². The van der Waals surface area contributed by atoms with Crippen LogP contribution >= 0.6 is 0 Å². The van der Waals surface area contributed by atoms with Crippen molar-refractivity contribution in [3.05, 3.63) is 36.2 Å². The number of urea groups is 1. The smallest absolute Gasteiger partial charge is 0.338 e. The van der Waals surface area contributed by atoms with E-state index in [2.05, 4.69) is 26.2 Å². The van der Waals surface area contributed by atoms with Gasteiger partial charge in [-0.1, -0.05) is 6.92 Å². The summed E-state index contributed by atoms with van der Waals surface area (Å²) in [7, 11) is 0. The molecule has 2 rings (SSSR count). The Morgan fingerprint density at radius 1 is 1.21 bits per heavy atom. The molecule has 0 aliphatic rings. The molecule has 1 aromatic heterocycles. The number of tetrazole rings is 1. The van der Waals surface area contributed by atoms with Crippen molar-refractivity contribution in [1.29, 1.82) is 0 Å². The van der Waals surface area contributed by atoms with Crippen LogP contribution in [0.5, 0.6) is 0 Å². The van der Waals surface area contributed by atoms with Crippen LogP contribution in [0.25, 0.3) is 5.69 Å².